The number of nitrogens with one attached hydrogen (secondary N) is 1. The molecule has 0 aliphatic heterocycles. The second-order valence-corrected chi connectivity index (χ2v) is 5.93. The summed E-state index contributed by atoms with van der Waals surface area (Å²) in [6, 6.07) is 12.3. The summed E-state index contributed by atoms with van der Waals surface area (Å²) in [5, 5.41) is 3.88. The Bertz CT molecular complexity index is 333. The van der Waals surface area contributed by atoms with Crippen molar-refractivity contribution in [2.45, 2.75) is 64.5 Å². The molecule has 0 spiro atoms. The molecule has 1 aromatic rings. The fraction of sp³-hybridized carbons (Fsp3) is 0.647. The van der Waals surface area contributed by atoms with Crippen molar-refractivity contribution in [1.29, 1.82) is 0 Å². The summed E-state index contributed by atoms with van der Waals surface area (Å²) in [6.45, 7) is 4.69. The summed E-state index contributed by atoms with van der Waals surface area (Å²) < 4.78 is 0. The topological polar surface area (TPSA) is 12.0 Å². The van der Waals surface area contributed by atoms with Crippen LogP contribution in [-0.2, 0) is 6.42 Å². The summed E-state index contributed by atoms with van der Waals surface area (Å²) >= 11 is 0. The lowest BCUT2D eigenvalue weighted by molar-refractivity contribution is 0.276. The maximum absolute atomic E-state index is 3.88. The Morgan fingerprint density at radius 2 is 2.00 bits per heavy atom. The van der Waals surface area contributed by atoms with Gasteiger partial charge in [-0.2, -0.15) is 0 Å². The molecule has 1 aliphatic carbocycles. The Kier molecular flexibility index (Phi) is 5.25. The van der Waals surface area contributed by atoms with Crippen molar-refractivity contribution in [3.8, 4) is 0 Å². The summed E-state index contributed by atoms with van der Waals surface area (Å²) in [6.07, 6.45) is 7.96. The molecule has 0 aromatic heterocycles. The van der Waals surface area contributed by atoms with E-state index in [-0.39, 0.29) is 0 Å². The van der Waals surface area contributed by atoms with Gasteiger partial charge in [-0.1, -0.05) is 57.0 Å². The van der Waals surface area contributed by atoms with Crippen LogP contribution in [0, 0.1) is 5.92 Å². The molecule has 18 heavy (non-hydrogen) atoms. The van der Waals surface area contributed by atoms with E-state index in [1.807, 2.05) is 0 Å². The minimum Gasteiger partial charge on any atom is -0.311 e. The van der Waals surface area contributed by atoms with Crippen molar-refractivity contribution in [3.63, 3.8) is 0 Å². The third kappa shape index (κ3) is 4.13. The van der Waals surface area contributed by atoms with Gasteiger partial charge in [0, 0.05) is 12.1 Å². The van der Waals surface area contributed by atoms with Crippen LogP contribution in [0.25, 0.3) is 0 Å². The average molecular weight is 245 g/mol. The monoisotopic (exact) mass is 245 g/mol. The highest BCUT2D eigenvalue weighted by molar-refractivity contribution is 5.15. The van der Waals surface area contributed by atoms with Gasteiger partial charge in [0.1, 0.15) is 0 Å². The Morgan fingerprint density at radius 3 is 2.67 bits per heavy atom. The van der Waals surface area contributed by atoms with Crippen molar-refractivity contribution in [2.75, 3.05) is 0 Å². The Morgan fingerprint density at radius 1 is 1.22 bits per heavy atom. The average Bonchev–Trinajstić information content (AvgIpc) is 2.39. The molecule has 1 aromatic carbocycles. The largest absolute Gasteiger partial charge is 0.311 e. The summed E-state index contributed by atoms with van der Waals surface area (Å²) in [7, 11) is 0. The zero-order valence-corrected chi connectivity index (χ0v) is 11.9. The lowest BCUT2D eigenvalue weighted by Gasteiger charge is -2.31. The van der Waals surface area contributed by atoms with Crippen LogP contribution < -0.4 is 5.32 Å². The van der Waals surface area contributed by atoms with Crippen molar-refractivity contribution in [3.05, 3.63) is 35.9 Å². The molecular weight excluding hydrogens is 218 g/mol. The van der Waals surface area contributed by atoms with Crippen molar-refractivity contribution in [1.82, 2.24) is 5.32 Å². The molecule has 100 valence electrons. The van der Waals surface area contributed by atoms with E-state index < -0.39 is 0 Å². The highest BCUT2D eigenvalue weighted by Gasteiger charge is 2.20. The molecule has 3 unspecified atom stereocenters. The first-order valence-corrected chi connectivity index (χ1v) is 7.58. The van der Waals surface area contributed by atoms with E-state index >= 15 is 0 Å². The maximum atomic E-state index is 3.88. The molecule has 1 saturated carbocycles. The molecule has 1 N–H and O–H groups in total. The van der Waals surface area contributed by atoms with Gasteiger partial charge in [0.15, 0.2) is 0 Å². The lowest BCUT2D eigenvalue weighted by Crippen LogP contribution is -2.41. The minimum atomic E-state index is 0.641. The molecule has 3 atom stereocenters. The molecule has 0 amide bonds. The molecule has 0 saturated heterocycles. The predicted molar refractivity (Wildman–Crippen MR) is 78.8 cm³/mol. The molecule has 1 heteroatoms. The third-order valence-electron chi connectivity index (χ3n) is 4.23. The van der Waals surface area contributed by atoms with Crippen LogP contribution in [0.5, 0.6) is 0 Å². The van der Waals surface area contributed by atoms with Crippen LogP contribution in [0.3, 0.4) is 0 Å². The normalized spacial score (nSPS) is 25.9. The minimum absolute atomic E-state index is 0.641. The van der Waals surface area contributed by atoms with E-state index in [2.05, 4.69) is 49.5 Å². The van der Waals surface area contributed by atoms with Gasteiger partial charge in [0.2, 0.25) is 0 Å². The molecule has 0 heterocycles. The SMILES string of the molecule is CCC(Cc1ccccc1)NC1CCCC(C)C1. The van der Waals surface area contributed by atoms with E-state index in [0.29, 0.717) is 6.04 Å². The molecule has 1 aliphatic rings. The van der Waals surface area contributed by atoms with E-state index in [1.54, 1.807) is 0 Å². The van der Waals surface area contributed by atoms with Gasteiger partial charge in [0.05, 0.1) is 0 Å². The van der Waals surface area contributed by atoms with E-state index in [0.717, 1.165) is 12.0 Å². The third-order valence-corrected chi connectivity index (χ3v) is 4.23. The van der Waals surface area contributed by atoms with Crippen molar-refractivity contribution >= 4 is 0 Å². The van der Waals surface area contributed by atoms with Gasteiger partial charge >= 0.3 is 0 Å². The van der Waals surface area contributed by atoms with Gasteiger partial charge in [-0.25, -0.2) is 0 Å². The number of benzene rings is 1. The van der Waals surface area contributed by atoms with E-state index in [9.17, 15) is 0 Å². The quantitative estimate of drug-likeness (QED) is 0.820. The summed E-state index contributed by atoms with van der Waals surface area (Å²) in [5.41, 5.74) is 1.46. The highest BCUT2D eigenvalue weighted by atomic mass is 14.9. The van der Waals surface area contributed by atoms with Crippen LogP contribution in [-0.4, -0.2) is 12.1 Å². The molecule has 0 bridgehead atoms. The van der Waals surface area contributed by atoms with Crippen LogP contribution in [0.1, 0.15) is 51.5 Å². The highest BCUT2D eigenvalue weighted by Crippen LogP contribution is 2.24. The zero-order chi connectivity index (χ0) is 12.8. The van der Waals surface area contributed by atoms with E-state index in [1.165, 1.54) is 44.1 Å². The second kappa shape index (κ2) is 6.94. The Balaban J connectivity index is 1.85. The van der Waals surface area contributed by atoms with Crippen LogP contribution in [0.4, 0.5) is 0 Å². The van der Waals surface area contributed by atoms with Gasteiger partial charge in [0.25, 0.3) is 0 Å². The van der Waals surface area contributed by atoms with Crippen molar-refractivity contribution in [2.24, 2.45) is 5.92 Å². The predicted octanol–water partition coefficient (Wildman–Crippen LogP) is 4.18. The second-order valence-electron chi connectivity index (χ2n) is 5.93. The zero-order valence-electron chi connectivity index (χ0n) is 11.9. The fourth-order valence-corrected chi connectivity index (χ4v) is 3.14. The molecule has 1 fully saturated rings. The number of hydrogen-bond donors (Lipinski definition) is 1. The summed E-state index contributed by atoms with van der Waals surface area (Å²) in [5.74, 6) is 0.908. The first-order chi connectivity index (χ1) is 8.78. The van der Waals surface area contributed by atoms with Crippen molar-refractivity contribution < 1.29 is 0 Å². The van der Waals surface area contributed by atoms with Crippen LogP contribution >= 0.6 is 0 Å². The van der Waals surface area contributed by atoms with Crippen LogP contribution in [0.15, 0.2) is 30.3 Å². The van der Waals surface area contributed by atoms with Crippen LogP contribution in [0.2, 0.25) is 0 Å². The van der Waals surface area contributed by atoms with Gasteiger partial charge < -0.3 is 5.32 Å². The molecular formula is C17H27N. The molecule has 2 rings (SSSR count). The number of hydrogen-bond acceptors (Lipinski definition) is 1. The maximum Gasteiger partial charge on any atom is 0.0107 e. The first kappa shape index (κ1) is 13.6. The standard InChI is InChI=1S/C17H27N/c1-3-16(13-15-9-5-4-6-10-15)18-17-11-7-8-14(2)12-17/h4-6,9-10,14,16-18H,3,7-8,11-13H2,1-2H3. The first-order valence-electron chi connectivity index (χ1n) is 7.58. The number of rotatable bonds is 5. The lowest BCUT2D eigenvalue weighted by atomic mass is 9.86. The molecule has 0 radical (unpaired) electrons. The fourth-order valence-electron chi connectivity index (χ4n) is 3.14. The Labute approximate surface area is 112 Å². The Hall–Kier alpha value is -0.820. The van der Waals surface area contributed by atoms with Gasteiger partial charge in [-0.3, -0.25) is 0 Å². The van der Waals surface area contributed by atoms with E-state index in [4.69, 9.17) is 0 Å². The summed E-state index contributed by atoms with van der Waals surface area (Å²) in [4.78, 5) is 0. The smallest absolute Gasteiger partial charge is 0.0107 e. The van der Waals surface area contributed by atoms with Gasteiger partial charge in [-0.05, 0) is 37.2 Å². The molecule has 1 nitrogen and oxygen atoms in total. The van der Waals surface area contributed by atoms with Gasteiger partial charge in [-0.15, -0.1) is 0 Å².